The largest absolute Gasteiger partial charge is 0.490 e. The second-order valence-corrected chi connectivity index (χ2v) is 7.41. The van der Waals surface area contributed by atoms with Gasteiger partial charge < -0.3 is 9.47 Å². The molecule has 0 radical (unpaired) electrons. The summed E-state index contributed by atoms with van der Waals surface area (Å²) in [6.07, 6.45) is 3.39. The summed E-state index contributed by atoms with van der Waals surface area (Å²) in [6, 6.07) is 11.2. The summed E-state index contributed by atoms with van der Waals surface area (Å²) in [6.45, 7) is 6.37. The van der Waals surface area contributed by atoms with Gasteiger partial charge in [0.1, 0.15) is 12.4 Å². The van der Waals surface area contributed by atoms with Gasteiger partial charge in [0.2, 0.25) is 0 Å². The van der Waals surface area contributed by atoms with Crippen LogP contribution in [0.15, 0.2) is 60.0 Å². The molecule has 0 atom stereocenters. The third kappa shape index (κ3) is 4.43. The Balaban J connectivity index is 1.89. The van der Waals surface area contributed by atoms with Crippen LogP contribution in [0.5, 0.6) is 11.5 Å². The summed E-state index contributed by atoms with van der Waals surface area (Å²) in [5, 5.41) is 0. The van der Waals surface area contributed by atoms with Crippen LogP contribution in [0.2, 0.25) is 0 Å². The number of nitrogens with zero attached hydrogens (tertiary/aromatic N) is 1. The fourth-order valence-corrected chi connectivity index (χ4v) is 3.91. The lowest BCUT2D eigenvalue weighted by atomic mass is 10.1. The zero-order chi connectivity index (χ0) is 20.1. The molecule has 3 rings (SSSR count). The second-order valence-electron chi connectivity index (χ2n) is 5.74. The van der Waals surface area contributed by atoms with Crippen LogP contribution in [0, 0.1) is 5.82 Å². The van der Waals surface area contributed by atoms with Crippen LogP contribution in [0.3, 0.4) is 0 Å². The first-order valence-corrected chi connectivity index (χ1v) is 9.80. The van der Waals surface area contributed by atoms with E-state index >= 15 is 0 Å². The van der Waals surface area contributed by atoms with E-state index in [1.54, 1.807) is 36.4 Å². The summed E-state index contributed by atoms with van der Waals surface area (Å²) in [4.78, 5) is 14.6. The molecule has 0 spiro atoms. The summed E-state index contributed by atoms with van der Waals surface area (Å²) >= 11 is 6.50. The molecule has 0 saturated carbocycles. The molecule has 0 unspecified atom stereocenters. The molecule has 0 bridgehead atoms. The lowest BCUT2D eigenvalue weighted by Crippen LogP contribution is -2.27. The Morgan fingerprint density at radius 3 is 2.75 bits per heavy atom. The number of thioether (sulfide) groups is 1. The van der Waals surface area contributed by atoms with Gasteiger partial charge in [0, 0.05) is 0 Å². The SMILES string of the molecule is C=CCOc1ccc(/C=C2\SC(=S)N(c3cccc(F)c3)C2=O)cc1OCC. The number of carbonyl (C=O) groups is 1. The Morgan fingerprint density at radius 2 is 2.04 bits per heavy atom. The highest BCUT2D eigenvalue weighted by atomic mass is 32.2. The van der Waals surface area contributed by atoms with Gasteiger partial charge in [-0.2, -0.15) is 0 Å². The fourth-order valence-electron chi connectivity index (χ4n) is 2.61. The minimum absolute atomic E-state index is 0.287. The first-order valence-electron chi connectivity index (χ1n) is 8.57. The molecule has 144 valence electrons. The van der Waals surface area contributed by atoms with E-state index in [1.165, 1.54) is 28.8 Å². The fraction of sp³-hybridized carbons (Fsp3) is 0.143. The maximum Gasteiger partial charge on any atom is 0.270 e. The second kappa shape index (κ2) is 9.03. The molecule has 7 heteroatoms. The number of halogens is 1. The van der Waals surface area contributed by atoms with Crippen LogP contribution in [-0.2, 0) is 4.79 Å². The molecule has 0 aromatic heterocycles. The highest BCUT2D eigenvalue weighted by Gasteiger charge is 2.33. The lowest BCUT2D eigenvalue weighted by molar-refractivity contribution is -0.113. The van der Waals surface area contributed by atoms with Gasteiger partial charge in [0.15, 0.2) is 15.8 Å². The van der Waals surface area contributed by atoms with Crippen molar-refractivity contribution in [2.24, 2.45) is 0 Å². The number of hydrogen-bond donors (Lipinski definition) is 0. The zero-order valence-electron chi connectivity index (χ0n) is 15.2. The van der Waals surface area contributed by atoms with Crippen molar-refractivity contribution in [2.45, 2.75) is 6.92 Å². The molecule has 4 nitrogen and oxygen atoms in total. The number of hydrogen-bond acceptors (Lipinski definition) is 5. The van der Waals surface area contributed by atoms with E-state index in [9.17, 15) is 9.18 Å². The monoisotopic (exact) mass is 415 g/mol. The standard InChI is InChI=1S/C21H18FNO3S2/c1-3-10-26-17-9-8-14(11-18(17)25-4-2)12-19-20(24)23(21(27)28-19)16-7-5-6-15(22)13-16/h3,5-9,11-13H,1,4,10H2,2H3/b19-12-. The van der Waals surface area contributed by atoms with Crippen molar-refractivity contribution in [2.75, 3.05) is 18.1 Å². The molecule has 1 heterocycles. The number of thiocarbonyl (C=S) groups is 1. The normalized spacial score (nSPS) is 15.2. The topological polar surface area (TPSA) is 38.8 Å². The van der Waals surface area contributed by atoms with E-state index in [-0.39, 0.29) is 5.91 Å². The molecule has 0 N–H and O–H groups in total. The third-order valence-electron chi connectivity index (χ3n) is 3.78. The first-order chi connectivity index (χ1) is 13.5. The highest BCUT2D eigenvalue weighted by molar-refractivity contribution is 8.27. The van der Waals surface area contributed by atoms with Crippen LogP contribution in [0.1, 0.15) is 12.5 Å². The molecular weight excluding hydrogens is 397 g/mol. The highest BCUT2D eigenvalue weighted by Crippen LogP contribution is 2.37. The number of carbonyl (C=O) groups excluding carboxylic acids is 1. The predicted octanol–water partition coefficient (Wildman–Crippen LogP) is 5.20. The molecule has 1 aliphatic rings. The minimum Gasteiger partial charge on any atom is -0.490 e. The Labute approximate surface area is 172 Å². The minimum atomic E-state index is -0.424. The Morgan fingerprint density at radius 1 is 1.21 bits per heavy atom. The van der Waals surface area contributed by atoms with E-state index < -0.39 is 5.82 Å². The smallest absolute Gasteiger partial charge is 0.270 e. The van der Waals surface area contributed by atoms with E-state index in [0.717, 1.165) is 5.56 Å². The summed E-state index contributed by atoms with van der Waals surface area (Å²) in [7, 11) is 0. The number of benzene rings is 2. The maximum atomic E-state index is 13.5. The molecule has 28 heavy (non-hydrogen) atoms. The van der Waals surface area contributed by atoms with Crippen molar-refractivity contribution < 1.29 is 18.7 Å². The van der Waals surface area contributed by atoms with E-state index in [1.807, 2.05) is 13.0 Å². The van der Waals surface area contributed by atoms with Gasteiger partial charge in [-0.25, -0.2) is 4.39 Å². The maximum absolute atomic E-state index is 13.5. The molecule has 0 aliphatic carbocycles. The quantitative estimate of drug-likeness (QED) is 0.353. The van der Waals surface area contributed by atoms with Crippen molar-refractivity contribution in [1.29, 1.82) is 0 Å². The van der Waals surface area contributed by atoms with Crippen LogP contribution < -0.4 is 14.4 Å². The number of anilines is 1. The Bertz CT molecular complexity index is 958. The van der Waals surface area contributed by atoms with Crippen LogP contribution in [0.4, 0.5) is 10.1 Å². The van der Waals surface area contributed by atoms with Gasteiger partial charge in [-0.1, -0.05) is 48.8 Å². The van der Waals surface area contributed by atoms with Crippen molar-refractivity contribution >= 4 is 46.0 Å². The predicted molar refractivity (Wildman–Crippen MR) is 115 cm³/mol. The molecular formula is C21H18FNO3S2. The van der Waals surface area contributed by atoms with Gasteiger partial charge in [-0.05, 0) is 48.9 Å². The lowest BCUT2D eigenvalue weighted by Gasteiger charge is -2.14. The van der Waals surface area contributed by atoms with Crippen LogP contribution in [-0.4, -0.2) is 23.4 Å². The average molecular weight is 416 g/mol. The van der Waals surface area contributed by atoms with Gasteiger partial charge >= 0.3 is 0 Å². The molecule has 1 saturated heterocycles. The number of amides is 1. The molecule has 2 aromatic carbocycles. The van der Waals surface area contributed by atoms with Crippen LogP contribution in [0.25, 0.3) is 6.08 Å². The van der Waals surface area contributed by atoms with Gasteiger partial charge in [0.25, 0.3) is 5.91 Å². The van der Waals surface area contributed by atoms with Crippen LogP contribution >= 0.6 is 24.0 Å². The Kier molecular flexibility index (Phi) is 6.49. The number of ether oxygens (including phenoxy) is 2. The average Bonchev–Trinajstić information content (AvgIpc) is 2.94. The van der Waals surface area contributed by atoms with E-state index in [0.29, 0.717) is 39.6 Å². The first kappa shape index (κ1) is 20.1. The van der Waals surface area contributed by atoms with Crippen molar-refractivity contribution in [3.05, 3.63) is 71.4 Å². The van der Waals surface area contributed by atoms with E-state index in [4.69, 9.17) is 21.7 Å². The van der Waals surface area contributed by atoms with Gasteiger partial charge in [-0.3, -0.25) is 9.69 Å². The van der Waals surface area contributed by atoms with Crippen molar-refractivity contribution in [3.63, 3.8) is 0 Å². The zero-order valence-corrected chi connectivity index (χ0v) is 16.8. The van der Waals surface area contributed by atoms with Gasteiger partial charge in [-0.15, -0.1) is 0 Å². The molecule has 1 amide bonds. The Hall–Kier alpha value is -2.64. The molecule has 2 aromatic rings. The van der Waals surface area contributed by atoms with E-state index in [2.05, 4.69) is 6.58 Å². The molecule has 1 fully saturated rings. The summed E-state index contributed by atoms with van der Waals surface area (Å²) < 4.78 is 25.1. The van der Waals surface area contributed by atoms with Crippen molar-refractivity contribution in [1.82, 2.24) is 0 Å². The summed E-state index contributed by atoms with van der Waals surface area (Å²) in [5.41, 5.74) is 1.18. The number of rotatable bonds is 7. The third-order valence-corrected chi connectivity index (χ3v) is 5.08. The molecule has 1 aliphatic heterocycles. The van der Waals surface area contributed by atoms with Crippen molar-refractivity contribution in [3.8, 4) is 11.5 Å². The van der Waals surface area contributed by atoms with Gasteiger partial charge in [0.05, 0.1) is 17.2 Å². The summed E-state index contributed by atoms with van der Waals surface area (Å²) in [5.74, 6) is 0.475.